The number of amides is 2. The van der Waals surface area contributed by atoms with Crippen LogP contribution < -0.4 is 5.56 Å². The first-order valence-corrected chi connectivity index (χ1v) is 9.63. The summed E-state index contributed by atoms with van der Waals surface area (Å²) in [6.07, 6.45) is 3.53. The van der Waals surface area contributed by atoms with E-state index in [2.05, 4.69) is 10.1 Å². The van der Waals surface area contributed by atoms with Crippen LogP contribution in [-0.4, -0.2) is 62.6 Å². The maximum Gasteiger partial charge on any atom is 0.274 e. The fourth-order valence-corrected chi connectivity index (χ4v) is 4.54. The number of pyridine rings is 1. The zero-order valence-corrected chi connectivity index (χ0v) is 16.6. The van der Waals surface area contributed by atoms with Crippen LogP contribution in [0.2, 0.25) is 5.15 Å². The molecule has 28 heavy (non-hydrogen) atoms. The lowest BCUT2D eigenvalue weighted by Gasteiger charge is -2.24. The predicted molar refractivity (Wildman–Crippen MR) is 103 cm³/mol. The number of aromatic nitrogens is 3. The van der Waals surface area contributed by atoms with Gasteiger partial charge in [-0.15, -0.1) is 0 Å². The van der Waals surface area contributed by atoms with E-state index >= 15 is 0 Å². The Hall–Kier alpha value is -2.61. The minimum atomic E-state index is -0.339. The third-order valence-corrected chi connectivity index (χ3v) is 6.06. The van der Waals surface area contributed by atoms with Crippen LogP contribution in [0.5, 0.6) is 0 Å². The lowest BCUT2D eigenvalue weighted by Crippen LogP contribution is -2.36. The lowest BCUT2D eigenvalue weighted by atomic mass is 9.86. The summed E-state index contributed by atoms with van der Waals surface area (Å²) in [5.74, 6) is -0.244. The zero-order valence-electron chi connectivity index (χ0n) is 15.9. The van der Waals surface area contributed by atoms with E-state index in [-0.39, 0.29) is 27.9 Å². The van der Waals surface area contributed by atoms with Crippen molar-refractivity contribution in [3.63, 3.8) is 0 Å². The maximum atomic E-state index is 12.9. The number of aromatic amines is 1. The van der Waals surface area contributed by atoms with E-state index in [9.17, 15) is 14.4 Å². The van der Waals surface area contributed by atoms with Gasteiger partial charge in [-0.3, -0.25) is 19.1 Å². The zero-order chi connectivity index (χ0) is 20.1. The number of hydrogen-bond acceptors (Lipinski definition) is 4. The topological polar surface area (TPSA) is 91.3 Å². The lowest BCUT2D eigenvalue weighted by molar-refractivity contribution is 0.0751. The van der Waals surface area contributed by atoms with Gasteiger partial charge < -0.3 is 14.8 Å². The van der Waals surface area contributed by atoms with Gasteiger partial charge >= 0.3 is 0 Å². The summed E-state index contributed by atoms with van der Waals surface area (Å²) in [6, 6.07) is 2.76. The Labute approximate surface area is 167 Å². The number of carbonyl (C=O) groups excluding carboxylic acids is 2. The number of carbonyl (C=O) groups is 2. The molecule has 2 aromatic heterocycles. The number of H-pyrrole nitrogens is 1. The van der Waals surface area contributed by atoms with Crippen LogP contribution in [0.15, 0.2) is 23.1 Å². The first kappa shape index (κ1) is 18.7. The highest BCUT2D eigenvalue weighted by Crippen LogP contribution is 2.40. The van der Waals surface area contributed by atoms with Crippen molar-refractivity contribution in [3.05, 3.63) is 50.7 Å². The number of nitrogens with zero attached hydrogens (tertiary/aromatic N) is 4. The molecule has 1 atom stereocenters. The van der Waals surface area contributed by atoms with E-state index in [1.165, 1.54) is 12.1 Å². The molecule has 1 unspecified atom stereocenters. The molecule has 1 spiro atoms. The van der Waals surface area contributed by atoms with Crippen molar-refractivity contribution in [2.24, 2.45) is 12.5 Å². The third-order valence-electron chi connectivity index (χ3n) is 5.77. The molecule has 1 N–H and O–H groups in total. The Bertz CT molecular complexity index is 1010. The number of halogens is 1. The van der Waals surface area contributed by atoms with Crippen LogP contribution in [0, 0.1) is 12.3 Å². The van der Waals surface area contributed by atoms with Gasteiger partial charge in [0.1, 0.15) is 5.15 Å². The van der Waals surface area contributed by atoms with Gasteiger partial charge in [0.2, 0.25) is 5.56 Å². The summed E-state index contributed by atoms with van der Waals surface area (Å²) in [5, 5.41) is 4.35. The fourth-order valence-electron chi connectivity index (χ4n) is 4.30. The summed E-state index contributed by atoms with van der Waals surface area (Å²) < 4.78 is 1.65. The normalized spacial score (nSPS) is 21.7. The Morgan fingerprint density at radius 1 is 1.14 bits per heavy atom. The number of likely N-dealkylation sites (tertiary alicyclic amines) is 2. The summed E-state index contributed by atoms with van der Waals surface area (Å²) in [4.78, 5) is 43.1. The molecule has 2 fully saturated rings. The van der Waals surface area contributed by atoms with Gasteiger partial charge in [0, 0.05) is 56.5 Å². The van der Waals surface area contributed by atoms with E-state index in [0.717, 1.165) is 18.4 Å². The van der Waals surface area contributed by atoms with Gasteiger partial charge in [0.25, 0.3) is 11.8 Å². The standard InChI is InChI=1S/C19H22ClN5O3/c1-12-9-23(2)22-15(12)18(28)25-8-6-19(11-25)5-7-24(10-19)17(27)13-3-4-14(26)21-16(13)20/h3-4,9H,5-8,10-11H2,1-2H3,(H,21,26). The highest BCUT2D eigenvalue weighted by molar-refractivity contribution is 6.32. The first-order valence-electron chi connectivity index (χ1n) is 9.26. The molecule has 0 aromatic carbocycles. The Balaban J connectivity index is 1.46. The number of aryl methyl sites for hydroxylation is 2. The van der Waals surface area contributed by atoms with Crippen molar-refractivity contribution in [3.8, 4) is 0 Å². The summed E-state index contributed by atoms with van der Waals surface area (Å²) in [7, 11) is 1.80. The monoisotopic (exact) mass is 403 g/mol. The summed E-state index contributed by atoms with van der Waals surface area (Å²) in [5.41, 5.74) is 1.22. The highest BCUT2D eigenvalue weighted by atomic mass is 35.5. The van der Waals surface area contributed by atoms with Crippen molar-refractivity contribution in [2.75, 3.05) is 26.2 Å². The van der Waals surface area contributed by atoms with E-state index in [4.69, 9.17) is 11.6 Å². The summed E-state index contributed by atoms with van der Waals surface area (Å²) in [6.45, 7) is 4.35. The van der Waals surface area contributed by atoms with Crippen molar-refractivity contribution in [2.45, 2.75) is 19.8 Å². The second-order valence-electron chi connectivity index (χ2n) is 7.84. The van der Waals surface area contributed by atoms with E-state index in [0.29, 0.717) is 37.4 Å². The van der Waals surface area contributed by atoms with Gasteiger partial charge in [0.05, 0.1) is 5.56 Å². The van der Waals surface area contributed by atoms with Crippen LogP contribution in [-0.2, 0) is 7.05 Å². The Morgan fingerprint density at radius 3 is 2.36 bits per heavy atom. The molecule has 0 radical (unpaired) electrons. The van der Waals surface area contributed by atoms with Gasteiger partial charge in [0.15, 0.2) is 5.69 Å². The van der Waals surface area contributed by atoms with E-state index in [1.54, 1.807) is 16.6 Å². The molecule has 4 heterocycles. The average Bonchev–Trinajstić information content (AvgIpc) is 3.34. The summed E-state index contributed by atoms with van der Waals surface area (Å²) >= 11 is 6.04. The van der Waals surface area contributed by atoms with Crippen LogP contribution in [0.25, 0.3) is 0 Å². The quantitative estimate of drug-likeness (QED) is 0.768. The second-order valence-corrected chi connectivity index (χ2v) is 8.22. The molecular weight excluding hydrogens is 382 g/mol. The van der Waals surface area contributed by atoms with Gasteiger partial charge in [-0.25, -0.2) is 0 Å². The largest absolute Gasteiger partial charge is 0.338 e. The molecule has 2 saturated heterocycles. The van der Waals surface area contributed by atoms with Crippen molar-refractivity contribution in [1.29, 1.82) is 0 Å². The van der Waals surface area contributed by atoms with Gasteiger partial charge in [-0.2, -0.15) is 5.10 Å². The minimum Gasteiger partial charge on any atom is -0.338 e. The van der Waals surface area contributed by atoms with Crippen LogP contribution in [0.3, 0.4) is 0 Å². The highest BCUT2D eigenvalue weighted by Gasteiger charge is 2.46. The molecule has 9 heteroatoms. The molecule has 8 nitrogen and oxygen atoms in total. The Kier molecular flexibility index (Phi) is 4.53. The van der Waals surface area contributed by atoms with Crippen molar-refractivity contribution >= 4 is 23.4 Å². The van der Waals surface area contributed by atoms with Gasteiger partial charge in [-0.1, -0.05) is 11.6 Å². The van der Waals surface area contributed by atoms with Crippen LogP contribution >= 0.6 is 11.6 Å². The smallest absolute Gasteiger partial charge is 0.274 e. The number of nitrogens with one attached hydrogen (secondary N) is 1. The molecule has 148 valence electrons. The molecule has 0 saturated carbocycles. The first-order chi connectivity index (χ1) is 13.3. The molecule has 0 bridgehead atoms. The molecule has 2 aromatic rings. The molecule has 0 aliphatic carbocycles. The molecule has 4 rings (SSSR count). The SMILES string of the molecule is Cc1cn(C)nc1C(=O)N1CCC2(CCN(C(=O)c3ccc(=O)[nH]c3Cl)C2)C1. The third kappa shape index (κ3) is 3.22. The number of hydrogen-bond donors (Lipinski definition) is 1. The molecule has 2 amide bonds. The minimum absolute atomic E-state index is 0.0524. The van der Waals surface area contributed by atoms with Crippen molar-refractivity contribution in [1.82, 2.24) is 24.6 Å². The van der Waals surface area contributed by atoms with Crippen molar-refractivity contribution < 1.29 is 9.59 Å². The van der Waals surface area contributed by atoms with E-state index < -0.39 is 0 Å². The fraction of sp³-hybridized carbons (Fsp3) is 0.474. The molecule has 2 aliphatic heterocycles. The molecule has 2 aliphatic rings. The van der Waals surface area contributed by atoms with Crippen LogP contribution in [0.1, 0.15) is 39.3 Å². The van der Waals surface area contributed by atoms with E-state index in [1.807, 2.05) is 18.0 Å². The molecular formula is C19H22ClN5O3. The predicted octanol–water partition coefficient (Wildman–Crippen LogP) is 1.45. The number of rotatable bonds is 2. The van der Waals surface area contributed by atoms with Gasteiger partial charge in [-0.05, 0) is 25.8 Å². The Morgan fingerprint density at radius 2 is 1.79 bits per heavy atom. The maximum absolute atomic E-state index is 12.9. The van der Waals surface area contributed by atoms with Crippen LogP contribution in [0.4, 0.5) is 0 Å². The second kappa shape index (κ2) is 6.77. The average molecular weight is 404 g/mol.